The van der Waals surface area contributed by atoms with E-state index in [-0.39, 0.29) is 31.3 Å². The maximum absolute atomic E-state index is 13.4. The average Bonchev–Trinajstić information content (AvgIpc) is 3.43. The Bertz CT molecular complexity index is 2110. The van der Waals surface area contributed by atoms with Gasteiger partial charge in [-0.25, -0.2) is 4.39 Å². The van der Waals surface area contributed by atoms with Crippen LogP contribution in [0.4, 0.5) is 4.39 Å². The van der Waals surface area contributed by atoms with Gasteiger partial charge in [-0.3, -0.25) is 0 Å². The Balaban J connectivity index is 0.000000217. The van der Waals surface area contributed by atoms with Gasteiger partial charge in [0.15, 0.2) is 0 Å². The van der Waals surface area contributed by atoms with E-state index in [4.69, 9.17) is 0 Å². The van der Waals surface area contributed by atoms with Crippen molar-refractivity contribution in [2.24, 2.45) is 0 Å². The van der Waals surface area contributed by atoms with Gasteiger partial charge in [-0.05, 0) is 67.0 Å². The van der Waals surface area contributed by atoms with Crippen LogP contribution in [0.5, 0.6) is 0 Å². The van der Waals surface area contributed by atoms with E-state index < -0.39 is 8.07 Å². The Morgan fingerprint density at radius 2 is 1.53 bits per heavy atom. The van der Waals surface area contributed by atoms with E-state index in [1.54, 1.807) is 11.3 Å². The zero-order chi connectivity index (χ0) is 32.5. The van der Waals surface area contributed by atoms with Crippen LogP contribution in [-0.2, 0) is 25.5 Å². The third-order valence-corrected chi connectivity index (χ3v) is 11.3. The molecule has 0 saturated carbocycles. The fourth-order valence-electron chi connectivity index (χ4n) is 5.33. The van der Waals surface area contributed by atoms with Crippen molar-refractivity contribution >= 4 is 44.8 Å². The second kappa shape index (κ2) is 14.1. The molecule has 4 aromatic carbocycles. The molecule has 7 rings (SSSR count). The van der Waals surface area contributed by atoms with Crippen molar-refractivity contribution in [1.82, 2.24) is 9.97 Å². The van der Waals surface area contributed by atoms with Gasteiger partial charge >= 0.3 is 0 Å². The fraction of sp³-hybridized carbons (Fsp3) is 0.171. The van der Waals surface area contributed by atoms with Crippen LogP contribution in [0.2, 0.25) is 19.6 Å². The van der Waals surface area contributed by atoms with Gasteiger partial charge in [0.05, 0.1) is 8.07 Å². The predicted molar refractivity (Wildman–Crippen MR) is 197 cm³/mol. The van der Waals surface area contributed by atoms with Gasteiger partial charge in [-0.15, -0.1) is 59.7 Å². The SMILES string of the molecule is CC(C)(C)c1ccnc(-c2[c-]cc3c(c2)sc2c(-c4ccc(F)cc4)cccc23)c1.C[Si](C)(C)c1ccc(-c2[c-]cccc2)nc1.[Ir]. The van der Waals surface area contributed by atoms with Gasteiger partial charge in [-0.1, -0.05) is 94.3 Å². The molecule has 0 aliphatic rings. The summed E-state index contributed by atoms with van der Waals surface area (Å²) in [5.74, 6) is -0.216. The second-order valence-electron chi connectivity index (χ2n) is 13.6. The summed E-state index contributed by atoms with van der Waals surface area (Å²) in [4.78, 5) is 9.11. The first-order valence-corrected chi connectivity index (χ1v) is 19.8. The van der Waals surface area contributed by atoms with E-state index in [0.717, 1.165) is 33.6 Å². The zero-order valence-corrected chi connectivity index (χ0v) is 31.7. The minimum atomic E-state index is -1.23. The molecule has 7 aromatic rings. The van der Waals surface area contributed by atoms with E-state index in [9.17, 15) is 4.39 Å². The zero-order valence-electron chi connectivity index (χ0n) is 27.5. The normalized spacial score (nSPS) is 11.6. The maximum Gasteiger partial charge on any atom is 0.123 e. The van der Waals surface area contributed by atoms with E-state index in [1.807, 2.05) is 48.8 Å². The van der Waals surface area contributed by atoms with Crippen molar-refractivity contribution in [1.29, 1.82) is 0 Å². The summed E-state index contributed by atoms with van der Waals surface area (Å²) in [6, 6.07) is 40.4. The third kappa shape index (κ3) is 7.85. The van der Waals surface area contributed by atoms with E-state index >= 15 is 0 Å². The van der Waals surface area contributed by atoms with Crippen LogP contribution in [0.25, 0.3) is 53.8 Å². The molecule has 1 radical (unpaired) electrons. The maximum atomic E-state index is 13.4. The van der Waals surface area contributed by atoms with Gasteiger partial charge in [0.25, 0.3) is 0 Å². The summed E-state index contributed by atoms with van der Waals surface area (Å²) in [5, 5.41) is 3.79. The van der Waals surface area contributed by atoms with Crippen LogP contribution in [0.3, 0.4) is 0 Å². The first-order valence-electron chi connectivity index (χ1n) is 15.5. The van der Waals surface area contributed by atoms with Crippen LogP contribution < -0.4 is 5.19 Å². The molecule has 0 amide bonds. The molecule has 0 aliphatic carbocycles. The van der Waals surface area contributed by atoms with Gasteiger partial charge in [0.2, 0.25) is 0 Å². The number of hydrogen-bond donors (Lipinski definition) is 0. The van der Waals surface area contributed by atoms with Crippen molar-refractivity contribution < 1.29 is 24.5 Å². The smallest absolute Gasteiger partial charge is 0.123 e. The molecule has 0 atom stereocenters. The number of benzene rings is 4. The van der Waals surface area contributed by atoms with Gasteiger partial charge in [-0.2, -0.15) is 11.3 Å². The number of pyridine rings is 2. The molecule has 0 aliphatic heterocycles. The van der Waals surface area contributed by atoms with Crippen LogP contribution >= 0.6 is 11.3 Å². The fourth-order valence-corrected chi connectivity index (χ4v) is 7.63. The quantitative estimate of drug-likeness (QED) is 0.130. The largest absolute Gasteiger partial charge is 0.305 e. The number of rotatable bonds is 4. The van der Waals surface area contributed by atoms with Crippen molar-refractivity contribution in [3.8, 4) is 33.6 Å². The molecule has 2 nitrogen and oxygen atoms in total. The topological polar surface area (TPSA) is 25.8 Å². The first kappa shape index (κ1) is 34.5. The predicted octanol–water partition coefficient (Wildman–Crippen LogP) is 11.1. The molecule has 0 N–H and O–H groups in total. The van der Waals surface area contributed by atoms with Crippen LogP contribution in [0.1, 0.15) is 26.3 Å². The van der Waals surface area contributed by atoms with Crippen molar-refractivity contribution in [2.75, 3.05) is 0 Å². The molecule has 6 heteroatoms. The molecule has 0 unspecified atom stereocenters. The average molecular weight is 829 g/mol. The van der Waals surface area contributed by atoms with Crippen molar-refractivity contribution in [2.45, 2.75) is 45.8 Å². The van der Waals surface area contributed by atoms with Gasteiger partial charge in [0.1, 0.15) is 5.82 Å². The minimum absolute atomic E-state index is 0. The molecule has 0 bridgehead atoms. The monoisotopic (exact) mass is 829 g/mol. The number of hydrogen-bond acceptors (Lipinski definition) is 3. The minimum Gasteiger partial charge on any atom is -0.305 e. The van der Waals surface area contributed by atoms with E-state index in [0.29, 0.717) is 0 Å². The molecular weight excluding hydrogens is 792 g/mol. The summed E-state index contributed by atoms with van der Waals surface area (Å²) in [6.07, 6.45) is 3.90. The number of fused-ring (bicyclic) bond motifs is 3. The summed E-state index contributed by atoms with van der Waals surface area (Å²) in [6.45, 7) is 13.6. The molecule has 239 valence electrons. The Morgan fingerprint density at radius 1 is 0.745 bits per heavy atom. The Morgan fingerprint density at radius 3 is 2.19 bits per heavy atom. The first-order chi connectivity index (χ1) is 22.0. The third-order valence-electron chi connectivity index (χ3n) is 8.10. The van der Waals surface area contributed by atoms with Crippen molar-refractivity contribution in [3.05, 3.63) is 139 Å². The van der Waals surface area contributed by atoms with Crippen LogP contribution in [0.15, 0.2) is 116 Å². The van der Waals surface area contributed by atoms with Gasteiger partial charge < -0.3 is 9.97 Å². The Hall–Kier alpha value is -3.80. The molecule has 0 fully saturated rings. The van der Waals surface area contributed by atoms with Crippen LogP contribution in [0, 0.1) is 17.9 Å². The molecule has 47 heavy (non-hydrogen) atoms. The number of nitrogens with zero attached hydrogens (tertiary/aromatic N) is 2. The molecule has 0 spiro atoms. The Labute approximate surface area is 296 Å². The second-order valence-corrected chi connectivity index (χ2v) is 19.7. The number of aromatic nitrogens is 2. The van der Waals surface area contributed by atoms with E-state index in [2.05, 4.69) is 117 Å². The number of thiophene rings is 1. The molecule has 3 heterocycles. The summed E-state index contributed by atoms with van der Waals surface area (Å²) >= 11 is 1.76. The molecule has 3 aromatic heterocycles. The van der Waals surface area contributed by atoms with Crippen molar-refractivity contribution in [3.63, 3.8) is 0 Å². The van der Waals surface area contributed by atoms with Gasteiger partial charge in [0, 0.05) is 37.2 Å². The van der Waals surface area contributed by atoms with Crippen LogP contribution in [-0.4, -0.2) is 18.0 Å². The molecular formula is C41H37FIrN2SSi-2. The summed E-state index contributed by atoms with van der Waals surface area (Å²) < 4.78 is 15.8. The summed E-state index contributed by atoms with van der Waals surface area (Å²) in [5.41, 5.74) is 7.50. The van der Waals surface area contributed by atoms with E-state index in [1.165, 1.54) is 43.1 Å². The standard InChI is InChI=1S/C27H21FNS.C14H16NSi.Ir/c1-27(2,3)19-13-14-29-24(16-19)18-9-12-22-23-6-4-5-21(26(23)30-25(22)15-18)17-7-10-20(28)11-8-17;1-16(2,3)13-9-10-14(15-11-13)12-7-5-4-6-8-12;/h4-8,10-16H,1-3H3;4-7,9-11H,1-3H3;/q2*-1;. The summed E-state index contributed by atoms with van der Waals surface area (Å²) in [7, 11) is -1.23. The number of halogens is 1. The Kier molecular flexibility index (Phi) is 10.4. The molecule has 0 saturated heterocycles.